The van der Waals surface area contributed by atoms with Crippen LogP contribution in [0.4, 0.5) is 4.39 Å². The number of nitrogens with one attached hydrogen (secondary N) is 1. The van der Waals surface area contributed by atoms with Gasteiger partial charge in [-0.25, -0.2) is 4.39 Å². The van der Waals surface area contributed by atoms with Crippen molar-refractivity contribution < 1.29 is 4.39 Å². The molecule has 3 rings (SSSR count). The van der Waals surface area contributed by atoms with E-state index in [1.165, 1.54) is 32.1 Å². The van der Waals surface area contributed by atoms with Crippen LogP contribution in [0.25, 0.3) is 0 Å². The fraction of sp³-hybridized carbons (Fsp3) is 0.667. The number of halogens is 3. The summed E-state index contributed by atoms with van der Waals surface area (Å²) in [5.74, 6) is 0.394. The molecule has 0 spiro atoms. The van der Waals surface area contributed by atoms with Gasteiger partial charge < -0.3 is 5.32 Å². The van der Waals surface area contributed by atoms with Crippen molar-refractivity contribution in [2.45, 2.75) is 45.1 Å². The average Bonchev–Trinajstić information content (AvgIpc) is 2.57. The predicted octanol–water partition coefficient (Wildman–Crippen LogP) is 4.74. The Kier molecular flexibility index (Phi) is 7.15. The number of nitrogens with zero attached hydrogens (tertiary/aromatic N) is 1. The van der Waals surface area contributed by atoms with Crippen molar-refractivity contribution in [3.05, 3.63) is 34.1 Å². The Labute approximate surface area is 150 Å². The molecule has 0 bridgehead atoms. The molecule has 2 aliphatic rings. The topological polar surface area (TPSA) is 15.3 Å². The van der Waals surface area contributed by atoms with Gasteiger partial charge in [0, 0.05) is 37.8 Å². The maximum Gasteiger partial charge on any atom is 0.129 e. The summed E-state index contributed by atoms with van der Waals surface area (Å²) in [6.45, 7) is 5.89. The monoisotopic (exact) mass is 360 g/mol. The molecule has 0 amide bonds. The van der Waals surface area contributed by atoms with E-state index in [9.17, 15) is 4.39 Å². The number of benzene rings is 1. The number of hydrogen-bond acceptors (Lipinski definition) is 2. The van der Waals surface area contributed by atoms with Gasteiger partial charge in [-0.2, -0.15) is 0 Å². The van der Waals surface area contributed by atoms with Crippen LogP contribution in [0.15, 0.2) is 12.1 Å². The number of hydrogen-bond donors (Lipinski definition) is 1. The first-order chi connectivity index (χ1) is 10.7. The highest BCUT2D eigenvalue weighted by atomic mass is 35.5. The molecule has 1 saturated heterocycles. The molecule has 1 aromatic rings. The Morgan fingerprint density at radius 2 is 1.83 bits per heavy atom. The first-order valence-corrected chi connectivity index (χ1v) is 8.95. The lowest BCUT2D eigenvalue weighted by Crippen LogP contribution is -2.47. The molecule has 23 heavy (non-hydrogen) atoms. The van der Waals surface area contributed by atoms with E-state index in [4.69, 9.17) is 11.6 Å². The van der Waals surface area contributed by atoms with E-state index in [1.807, 2.05) is 6.92 Å². The van der Waals surface area contributed by atoms with Crippen molar-refractivity contribution >= 4 is 24.0 Å². The minimum atomic E-state index is -0.135. The maximum atomic E-state index is 14.7. The summed E-state index contributed by atoms with van der Waals surface area (Å²) in [6.07, 6.45) is 6.22. The zero-order valence-corrected chi connectivity index (χ0v) is 15.4. The summed E-state index contributed by atoms with van der Waals surface area (Å²) in [6, 6.07) is 3.51. The maximum absolute atomic E-state index is 14.7. The fourth-order valence-corrected chi connectivity index (χ4v) is 4.34. The van der Waals surface area contributed by atoms with E-state index >= 15 is 0 Å². The van der Waals surface area contributed by atoms with Crippen molar-refractivity contribution in [3.8, 4) is 0 Å². The highest BCUT2D eigenvalue weighted by Gasteiger charge is 2.34. The molecule has 5 heteroatoms. The van der Waals surface area contributed by atoms with E-state index in [2.05, 4.69) is 10.2 Å². The van der Waals surface area contributed by atoms with Gasteiger partial charge in [-0.15, -0.1) is 12.4 Å². The highest BCUT2D eigenvalue weighted by molar-refractivity contribution is 6.32. The predicted molar refractivity (Wildman–Crippen MR) is 97.2 cm³/mol. The minimum absolute atomic E-state index is 0. The summed E-state index contributed by atoms with van der Waals surface area (Å²) in [7, 11) is 0. The van der Waals surface area contributed by atoms with Crippen LogP contribution in [0.2, 0.25) is 5.02 Å². The number of rotatable bonds is 3. The van der Waals surface area contributed by atoms with Crippen LogP contribution < -0.4 is 5.32 Å². The number of aryl methyl sites for hydroxylation is 1. The van der Waals surface area contributed by atoms with Gasteiger partial charge in [0.1, 0.15) is 5.82 Å². The molecule has 1 N–H and O–H groups in total. The Morgan fingerprint density at radius 3 is 2.48 bits per heavy atom. The van der Waals surface area contributed by atoms with Gasteiger partial charge in [0.15, 0.2) is 0 Å². The van der Waals surface area contributed by atoms with E-state index in [0.717, 1.165) is 37.3 Å². The largest absolute Gasteiger partial charge is 0.314 e. The third-order valence-corrected chi connectivity index (χ3v) is 5.76. The van der Waals surface area contributed by atoms with Crippen LogP contribution in [0.3, 0.4) is 0 Å². The second kappa shape index (κ2) is 8.66. The molecule has 1 aliphatic carbocycles. The second-order valence-electron chi connectivity index (χ2n) is 6.72. The quantitative estimate of drug-likeness (QED) is 0.837. The molecule has 1 aliphatic heterocycles. The summed E-state index contributed by atoms with van der Waals surface area (Å²) in [5, 5.41) is 4.03. The molecule has 130 valence electrons. The van der Waals surface area contributed by atoms with E-state index in [1.54, 1.807) is 12.1 Å². The number of piperazine rings is 1. The van der Waals surface area contributed by atoms with E-state index in [0.29, 0.717) is 10.9 Å². The molecule has 2 fully saturated rings. The van der Waals surface area contributed by atoms with E-state index in [-0.39, 0.29) is 24.3 Å². The smallest absolute Gasteiger partial charge is 0.129 e. The third kappa shape index (κ3) is 4.19. The molecular formula is C18H27Cl2FN2. The second-order valence-corrected chi connectivity index (χ2v) is 7.10. The van der Waals surface area contributed by atoms with Gasteiger partial charge in [-0.1, -0.05) is 36.9 Å². The molecule has 0 unspecified atom stereocenters. The molecule has 1 heterocycles. The normalized spacial score (nSPS) is 21.7. The van der Waals surface area contributed by atoms with Crippen LogP contribution in [-0.4, -0.2) is 31.1 Å². The molecule has 1 aromatic carbocycles. The van der Waals surface area contributed by atoms with E-state index < -0.39 is 0 Å². The lowest BCUT2D eigenvalue weighted by molar-refractivity contribution is 0.101. The Hall–Kier alpha value is -0.350. The van der Waals surface area contributed by atoms with Gasteiger partial charge in [0.25, 0.3) is 0 Å². The third-order valence-electron chi connectivity index (χ3n) is 5.26. The van der Waals surface area contributed by atoms with Crippen molar-refractivity contribution in [3.63, 3.8) is 0 Å². The van der Waals surface area contributed by atoms with Crippen LogP contribution in [0, 0.1) is 18.7 Å². The molecule has 2 nitrogen and oxygen atoms in total. The molecule has 0 aromatic heterocycles. The lowest BCUT2D eigenvalue weighted by Gasteiger charge is -2.41. The van der Waals surface area contributed by atoms with Gasteiger partial charge in [-0.3, -0.25) is 4.90 Å². The van der Waals surface area contributed by atoms with Gasteiger partial charge in [-0.05, 0) is 37.3 Å². The van der Waals surface area contributed by atoms with Gasteiger partial charge in [0.2, 0.25) is 0 Å². The summed E-state index contributed by atoms with van der Waals surface area (Å²) < 4.78 is 14.7. The van der Waals surface area contributed by atoms with Crippen LogP contribution in [0.5, 0.6) is 0 Å². The first-order valence-electron chi connectivity index (χ1n) is 8.57. The zero-order chi connectivity index (χ0) is 15.5. The van der Waals surface area contributed by atoms with Crippen molar-refractivity contribution in [1.82, 2.24) is 10.2 Å². The highest BCUT2D eigenvalue weighted by Crippen LogP contribution is 2.42. The van der Waals surface area contributed by atoms with Gasteiger partial charge in [0.05, 0.1) is 5.02 Å². The van der Waals surface area contributed by atoms with Crippen molar-refractivity contribution in [2.24, 2.45) is 5.92 Å². The Bertz CT molecular complexity index is 494. The van der Waals surface area contributed by atoms with Crippen LogP contribution in [0.1, 0.15) is 49.3 Å². The minimum Gasteiger partial charge on any atom is -0.314 e. The standard InChI is InChI=1S/C18H26ClFN2.ClH/c1-13-7-8-15(20)16(17(13)19)18(14-5-3-2-4-6-14)22-11-9-21-10-12-22;/h7-8,14,18,21H,2-6,9-12H2,1H3;1H/t18-;/m1./s1. The summed E-state index contributed by atoms with van der Waals surface area (Å²) >= 11 is 6.55. The molecular weight excluding hydrogens is 334 g/mol. The van der Waals surface area contributed by atoms with Crippen LogP contribution >= 0.6 is 24.0 Å². The fourth-order valence-electron chi connectivity index (χ4n) is 4.08. The molecule has 1 saturated carbocycles. The Balaban J connectivity index is 0.00000192. The van der Waals surface area contributed by atoms with Gasteiger partial charge >= 0.3 is 0 Å². The summed E-state index contributed by atoms with van der Waals surface area (Å²) in [5.41, 5.74) is 1.73. The zero-order valence-electron chi connectivity index (χ0n) is 13.8. The lowest BCUT2D eigenvalue weighted by atomic mass is 9.79. The molecule has 0 radical (unpaired) electrons. The average molecular weight is 361 g/mol. The van der Waals surface area contributed by atoms with Crippen molar-refractivity contribution in [2.75, 3.05) is 26.2 Å². The first kappa shape index (κ1) is 19.0. The Morgan fingerprint density at radius 1 is 1.17 bits per heavy atom. The van der Waals surface area contributed by atoms with Crippen LogP contribution in [-0.2, 0) is 0 Å². The van der Waals surface area contributed by atoms with Crippen molar-refractivity contribution in [1.29, 1.82) is 0 Å². The summed E-state index contributed by atoms with van der Waals surface area (Å²) in [4.78, 5) is 2.45. The molecule has 1 atom stereocenters. The SMILES string of the molecule is Cc1ccc(F)c([C@@H](C2CCCCC2)N2CCNCC2)c1Cl.Cl.